The maximum absolute atomic E-state index is 4.28. The maximum Gasteiger partial charge on any atom is 0.191 e. The highest BCUT2D eigenvalue weighted by molar-refractivity contribution is 7.10. The molecule has 21 heavy (non-hydrogen) atoms. The standard InChI is InChI=1S/C15H23N5S/c1-12-9-19-20(11-12)7-4-6-17-15(16-3)18-10-14-13(2)5-8-21-14/h5,8-9,11H,4,6-7,10H2,1-3H3,(H2,16,17,18). The number of hydrogen-bond acceptors (Lipinski definition) is 3. The fourth-order valence-electron chi connectivity index (χ4n) is 2.01. The summed E-state index contributed by atoms with van der Waals surface area (Å²) < 4.78 is 1.97. The van der Waals surface area contributed by atoms with Crippen LogP contribution in [0, 0.1) is 13.8 Å². The minimum Gasteiger partial charge on any atom is -0.356 e. The number of hydrogen-bond donors (Lipinski definition) is 2. The normalized spacial score (nSPS) is 11.7. The third-order valence-electron chi connectivity index (χ3n) is 3.23. The molecule has 2 N–H and O–H groups in total. The molecule has 0 aliphatic carbocycles. The van der Waals surface area contributed by atoms with Gasteiger partial charge in [0.05, 0.1) is 12.7 Å². The Kier molecular flexibility index (Phi) is 5.80. The molecule has 0 spiro atoms. The molecule has 6 heteroatoms. The van der Waals surface area contributed by atoms with Crippen molar-refractivity contribution in [2.45, 2.75) is 33.4 Å². The number of aryl methyl sites for hydroxylation is 3. The number of nitrogens with zero attached hydrogens (tertiary/aromatic N) is 3. The zero-order valence-corrected chi connectivity index (χ0v) is 13.7. The van der Waals surface area contributed by atoms with E-state index in [-0.39, 0.29) is 0 Å². The van der Waals surface area contributed by atoms with Gasteiger partial charge in [-0.1, -0.05) is 0 Å². The Balaban J connectivity index is 1.67. The molecule has 2 aromatic rings. The molecule has 0 radical (unpaired) electrons. The monoisotopic (exact) mass is 305 g/mol. The molecule has 0 aliphatic heterocycles. The molecule has 0 aromatic carbocycles. The van der Waals surface area contributed by atoms with Crippen molar-refractivity contribution >= 4 is 17.3 Å². The smallest absolute Gasteiger partial charge is 0.191 e. The van der Waals surface area contributed by atoms with Crippen LogP contribution in [0.3, 0.4) is 0 Å². The van der Waals surface area contributed by atoms with Crippen LogP contribution in [0.4, 0.5) is 0 Å². The molecule has 2 heterocycles. The van der Waals surface area contributed by atoms with Gasteiger partial charge in [0, 0.05) is 31.2 Å². The van der Waals surface area contributed by atoms with Gasteiger partial charge in [-0.3, -0.25) is 9.67 Å². The van der Waals surface area contributed by atoms with Crippen molar-refractivity contribution in [3.63, 3.8) is 0 Å². The zero-order chi connectivity index (χ0) is 15.1. The molecule has 0 aliphatic rings. The number of thiophene rings is 1. The minimum absolute atomic E-state index is 0.821. The van der Waals surface area contributed by atoms with E-state index in [9.17, 15) is 0 Å². The second-order valence-corrected chi connectivity index (χ2v) is 6.01. The summed E-state index contributed by atoms with van der Waals surface area (Å²) >= 11 is 1.77. The third kappa shape index (κ3) is 4.90. The Hall–Kier alpha value is -1.82. The Bertz CT molecular complexity index is 584. The van der Waals surface area contributed by atoms with E-state index in [0.717, 1.165) is 32.0 Å². The summed E-state index contributed by atoms with van der Waals surface area (Å²) in [5, 5.41) is 13.1. The van der Waals surface area contributed by atoms with Crippen LogP contribution in [0.1, 0.15) is 22.4 Å². The molecular formula is C15H23N5S. The second kappa shape index (κ2) is 7.83. The van der Waals surface area contributed by atoms with Crippen LogP contribution in [0.5, 0.6) is 0 Å². The molecule has 0 unspecified atom stereocenters. The molecule has 2 rings (SSSR count). The summed E-state index contributed by atoms with van der Waals surface area (Å²) in [6, 6.07) is 2.14. The highest BCUT2D eigenvalue weighted by atomic mass is 32.1. The zero-order valence-electron chi connectivity index (χ0n) is 12.9. The summed E-state index contributed by atoms with van der Waals surface area (Å²) in [4.78, 5) is 5.59. The highest BCUT2D eigenvalue weighted by Crippen LogP contribution is 2.14. The van der Waals surface area contributed by atoms with Crippen LogP contribution in [0.25, 0.3) is 0 Å². The van der Waals surface area contributed by atoms with E-state index in [1.54, 1.807) is 18.4 Å². The first-order valence-electron chi connectivity index (χ1n) is 7.15. The number of rotatable bonds is 6. The molecule has 0 bridgehead atoms. The topological polar surface area (TPSA) is 54.2 Å². The van der Waals surface area contributed by atoms with Crippen LogP contribution in [-0.4, -0.2) is 29.3 Å². The molecule has 114 valence electrons. The number of aromatic nitrogens is 2. The highest BCUT2D eigenvalue weighted by Gasteiger charge is 2.02. The number of nitrogens with one attached hydrogen (secondary N) is 2. The fourth-order valence-corrected chi connectivity index (χ4v) is 2.85. The summed E-state index contributed by atoms with van der Waals surface area (Å²) in [6.45, 7) is 6.81. The first-order valence-corrected chi connectivity index (χ1v) is 8.03. The minimum atomic E-state index is 0.821. The van der Waals surface area contributed by atoms with E-state index >= 15 is 0 Å². The van der Waals surface area contributed by atoms with Crippen LogP contribution >= 0.6 is 11.3 Å². The van der Waals surface area contributed by atoms with Crippen LogP contribution in [0.2, 0.25) is 0 Å². The van der Waals surface area contributed by atoms with Crippen molar-refractivity contribution in [2.24, 2.45) is 4.99 Å². The van der Waals surface area contributed by atoms with Crippen molar-refractivity contribution < 1.29 is 0 Å². The molecule has 2 aromatic heterocycles. The van der Waals surface area contributed by atoms with E-state index in [1.807, 2.05) is 10.9 Å². The first-order chi connectivity index (χ1) is 10.2. The summed E-state index contributed by atoms with van der Waals surface area (Å²) in [7, 11) is 1.80. The van der Waals surface area contributed by atoms with Gasteiger partial charge in [-0.15, -0.1) is 11.3 Å². The molecular weight excluding hydrogens is 282 g/mol. The molecule has 0 saturated carbocycles. The van der Waals surface area contributed by atoms with Gasteiger partial charge in [-0.2, -0.15) is 5.10 Å². The summed E-state index contributed by atoms with van der Waals surface area (Å²) in [6.07, 6.45) is 4.96. The van der Waals surface area contributed by atoms with E-state index in [1.165, 1.54) is 16.0 Å². The van der Waals surface area contributed by atoms with Crippen molar-refractivity contribution in [1.29, 1.82) is 0 Å². The average Bonchev–Trinajstić information content (AvgIpc) is 3.07. The van der Waals surface area contributed by atoms with Gasteiger partial charge >= 0.3 is 0 Å². The third-order valence-corrected chi connectivity index (χ3v) is 4.25. The van der Waals surface area contributed by atoms with E-state index in [2.05, 4.69) is 52.2 Å². The number of aliphatic imine (C=N–C) groups is 1. The molecule has 0 atom stereocenters. The Morgan fingerprint density at radius 1 is 1.38 bits per heavy atom. The van der Waals surface area contributed by atoms with Gasteiger partial charge in [0.1, 0.15) is 0 Å². The molecule has 0 amide bonds. The molecule has 0 saturated heterocycles. The Labute approximate surface area is 130 Å². The van der Waals surface area contributed by atoms with Crippen LogP contribution in [0.15, 0.2) is 28.8 Å². The second-order valence-electron chi connectivity index (χ2n) is 5.01. The lowest BCUT2D eigenvalue weighted by Crippen LogP contribution is -2.37. The maximum atomic E-state index is 4.28. The molecule has 0 fully saturated rings. The lowest BCUT2D eigenvalue weighted by atomic mass is 10.3. The average molecular weight is 305 g/mol. The predicted octanol–water partition coefficient (Wildman–Crippen LogP) is 2.32. The van der Waals surface area contributed by atoms with E-state index in [0.29, 0.717) is 0 Å². The first kappa shape index (κ1) is 15.6. The van der Waals surface area contributed by atoms with Gasteiger partial charge in [-0.05, 0) is 42.8 Å². The van der Waals surface area contributed by atoms with Crippen LogP contribution in [-0.2, 0) is 13.1 Å². The van der Waals surface area contributed by atoms with Gasteiger partial charge in [-0.25, -0.2) is 0 Å². The van der Waals surface area contributed by atoms with Crippen molar-refractivity contribution in [3.8, 4) is 0 Å². The summed E-state index contributed by atoms with van der Waals surface area (Å²) in [5.74, 6) is 0.847. The summed E-state index contributed by atoms with van der Waals surface area (Å²) in [5.41, 5.74) is 2.53. The molecule has 5 nitrogen and oxygen atoms in total. The Morgan fingerprint density at radius 3 is 2.86 bits per heavy atom. The quantitative estimate of drug-likeness (QED) is 0.489. The van der Waals surface area contributed by atoms with Gasteiger partial charge in [0.15, 0.2) is 5.96 Å². The van der Waals surface area contributed by atoms with Crippen molar-refractivity contribution in [3.05, 3.63) is 39.8 Å². The lowest BCUT2D eigenvalue weighted by Gasteiger charge is -2.11. The van der Waals surface area contributed by atoms with Crippen molar-refractivity contribution in [1.82, 2.24) is 20.4 Å². The predicted molar refractivity (Wildman–Crippen MR) is 88.8 cm³/mol. The van der Waals surface area contributed by atoms with E-state index < -0.39 is 0 Å². The fraction of sp³-hybridized carbons (Fsp3) is 0.467. The van der Waals surface area contributed by atoms with Gasteiger partial charge in [0.2, 0.25) is 0 Å². The number of guanidine groups is 1. The largest absolute Gasteiger partial charge is 0.356 e. The van der Waals surface area contributed by atoms with Gasteiger partial charge < -0.3 is 10.6 Å². The lowest BCUT2D eigenvalue weighted by molar-refractivity contribution is 0.570. The van der Waals surface area contributed by atoms with E-state index in [4.69, 9.17) is 0 Å². The SMILES string of the molecule is CN=C(NCCCn1cc(C)cn1)NCc1sccc1C. The van der Waals surface area contributed by atoms with Crippen LogP contribution < -0.4 is 10.6 Å². The van der Waals surface area contributed by atoms with Crippen molar-refractivity contribution in [2.75, 3.05) is 13.6 Å². The Morgan fingerprint density at radius 2 is 2.24 bits per heavy atom. The van der Waals surface area contributed by atoms with Gasteiger partial charge in [0.25, 0.3) is 0 Å².